The lowest BCUT2D eigenvalue weighted by atomic mass is 9.46. The molecule has 0 aromatic heterocycles. The Labute approximate surface area is 216 Å². The van der Waals surface area contributed by atoms with Crippen LogP contribution < -0.4 is 10.6 Å². The number of piperazine rings is 1. The molecule has 36 heavy (non-hydrogen) atoms. The molecular weight excluding hydrogens is 446 g/mol. The second-order valence-electron chi connectivity index (χ2n) is 13.8. The first kappa shape index (κ1) is 24.1. The van der Waals surface area contributed by atoms with E-state index in [1.807, 2.05) is 18.7 Å². The van der Waals surface area contributed by atoms with Crippen LogP contribution in [0, 0.1) is 28.6 Å². The van der Waals surface area contributed by atoms with E-state index in [1.165, 1.54) is 36.8 Å². The summed E-state index contributed by atoms with van der Waals surface area (Å²) in [7, 11) is 0. The van der Waals surface area contributed by atoms with Gasteiger partial charge in [0.2, 0.25) is 11.8 Å². The van der Waals surface area contributed by atoms with E-state index in [1.54, 1.807) is 0 Å². The van der Waals surface area contributed by atoms with Gasteiger partial charge in [-0.15, -0.1) is 0 Å². The van der Waals surface area contributed by atoms with E-state index in [2.05, 4.69) is 62.2 Å². The maximum Gasteiger partial charge on any atom is 0.247 e. The van der Waals surface area contributed by atoms with Gasteiger partial charge in [0.25, 0.3) is 0 Å². The third-order valence-corrected chi connectivity index (χ3v) is 11.1. The summed E-state index contributed by atoms with van der Waals surface area (Å²) in [5, 5.41) is 6.82. The Morgan fingerprint density at radius 2 is 1.86 bits per heavy atom. The molecule has 4 fully saturated rings. The monoisotopic (exact) mass is 489 g/mol. The number of carbonyl (C=O) groups is 2. The Balaban J connectivity index is 1.45. The van der Waals surface area contributed by atoms with E-state index in [0.29, 0.717) is 23.7 Å². The van der Waals surface area contributed by atoms with Crippen molar-refractivity contribution >= 4 is 17.5 Å². The van der Waals surface area contributed by atoms with Crippen LogP contribution in [0.4, 0.5) is 5.69 Å². The van der Waals surface area contributed by atoms with Gasteiger partial charge in [0, 0.05) is 11.1 Å². The first-order valence-electron chi connectivity index (χ1n) is 14.2. The fraction of sp³-hybridized carbons (Fsp3) is 0.677. The van der Waals surface area contributed by atoms with Gasteiger partial charge in [-0.05, 0) is 78.7 Å². The predicted molar refractivity (Wildman–Crippen MR) is 143 cm³/mol. The van der Waals surface area contributed by atoms with Crippen molar-refractivity contribution in [3.63, 3.8) is 0 Å². The molecule has 3 heterocycles. The molecule has 2 saturated heterocycles. The van der Waals surface area contributed by atoms with Crippen molar-refractivity contribution in [2.45, 2.75) is 103 Å². The van der Waals surface area contributed by atoms with Gasteiger partial charge < -0.3 is 15.5 Å². The van der Waals surface area contributed by atoms with E-state index in [0.717, 1.165) is 18.5 Å². The molecule has 5 aliphatic rings. The SMILES string of the molecule is C=C1CC[C@H]2C(C)(C)CCC[C@]2(C)[C@H]1CC12C[C@H]3C(=O)N[C@@H](C(C)C)C(=O)N3[C@@H]1Nc1ccccc12. The van der Waals surface area contributed by atoms with E-state index in [9.17, 15) is 9.59 Å². The van der Waals surface area contributed by atoms with E-state index >= 15 is 0 Å². The molecule has 5 heteroatoms. The molecule has 5 nitrogen and oxygen atoms in total. The van der Waals surface area contributed by atoms with Crippen LogP contribution in [0.5, 0.6) is 0 Å². The van der Waals surface area contributed by atoms with Crippen LogP contribution in [-0.2, 0) is 15.0 Å². The molecule has 0 radical (unpaired) electrons. The highest BCUT2D eigenvalue weighted by atomic mass is 16.2. The van der Waals surface area contributed by atoms with Crippen LogP contribution in [-0.4, -0.2) is 35.0 Å². The highest BCUT2D eigenvalue weighted by Gasteiger charge is 2.65. The second-order valence-corrected chi connectivity index (χ2v) is 13.8. The third kappa shape index (κ3) is 3.13. The number of nitrogens with one attached hydrogen (secondary N) is 2. The van der Waals surface area contributed by atoms with Gasteiger partial charge in [-0.2, -0.15) is 0 Å². The second kappa shape index (κ2) is 7.85. The van der Waals surface area contributed by atoms with Gasteiger partial charge in [0.1, 0.15) is 18.2 Å². The Kier molecular flexibility index (Phi) is 5.25. The number of nitrogens with zero attached hydrogens (tertiary/aromatic N) is 1. The Hall–Kier alpha value is -2.30. The van der Waals surface area contributed by atoms with Crippen LogP contribution in [0.25, 0.3) is 0 Å². The van der Waals surface area contributed by atoms with Crippen molar-refractivity contribution < 1.29 is 9.59 Å². The minimum absolute atomic E-state index is 0.00622. The summed E-state index contributed by atoms with van der Waals surface area (Å²) in [6.07, 6.45) is 7.56. The molecule has 1 aromatic carbocycles. The van der Waals surface area contributed by atoms with E-state index < -0.39 is 12.1 Å². The summed E-state index contributed by atoms with van der Waals surface area (Å²) in [6.45, 7) is 16.2. The van der Waals surface area contributed by atoms with Gasteiger partial charge in [0.15, 0.2) is 0 Å². The van der Waals surface area contributed by atoms with Crippen molar-refractivity contribution in [2.75, 3.05) is 5.32 Å². The smallest absolute Gasteiger partial charge is 0.247 e. The molecule has 7 atom stereocenters. The lowest BCUT2D eigenvalue weighted by Crippen LogP contribution is -2.65. The number of benzene rings is 1. The number of carbonyl (C=O) groups excluding carboxylic acids is 2. The highest BCUT2D eigenvalue weighted by molar-refractivity contribution is 5.99. The van der Waals surface area contributed by atoms with Crippen molar-refractivity contribution in [1.29, 1.82) is 0 Å². The average molecular weight is 490 g/mol. The molecule has 194 valence electrons. The standard InChI is InChI=1S/C31H43N3O2/c1-18(2)25-27(36)34-23(26(35)33-25)17-31(20-10-7-8-11-22(20)32-28(31)34)16-21-19(3)12-13-24-29(4,5)14-9-15-30(21,24)6/h7-8,10-11,18,21,23-25,28,32H,3,9,12-17H2,1-2,4-6H3,(H,33,35)/t21-,23-,24-,25-,28-,30+,31?/m0/s1. The summed E-state index contributed by atoms with van der Waals surface area (Å²) in [6, 6.07) is 7.69. The van der Waals surface area contributed by atoms with Crippen molar-refractivity contribution in [1.82, 2.24) is 10.2 Å². The van der Waals surface area contributed by atoms with Crippen LogP contribution in [0.2, 0.25) is 0 Å². The number of amides is 2. The van der Waals surface area contributed by atoms with Crippen molar-refractivity contribution in [2.24, 2.45) is 28.6 Å². The number of allylic oxidation sites excluding steroid dienone is 1. The summed E-state index contributed by atoms with van der Waals surface area (Å²) >= 11 is 0. The van der Waals surface area contributed by atoms with Crippen molar-refractivity contribution in [3.8, 4) is 0 Å². The van der Waals surface area contributed by atoms with Crippen molar-refractivity contribution in [3.05, 3.63) is 42.0 Å². The van der Waals surface area contributed by atoms with Gasteiger partial charge in [-0.1, -0.05) is 71.4 Å². The summed E-state index contributed by atoms with van der Waals surface area (Å²) < 4.78 is 0. The van der Waals surface area contributed by atoms with E-state index in [4.69, 9.17) is 0 Å². The Morgan fingerprint density at radius 3 is 2.61 bits per heavy atom. The fourth-order valence-electron chi connectivity index (χ4n) is 9.40. The molecule has 0 spiro atoms. The molecule has 3 aliphatic heterocycles. The largest absolute Gasteiger partial charge is 0.364 e. The first-order chi connectivity index (χ1) is 17.0. The topological polar surface area (TPSA) is 61.4 Å². The maximum absolute atomic E-state index is 13.8. The molecule has 2 aliphatic carbocycles. The lowest BCUT2D eigenvalue weighted by Gasteiger charge is -2.59. The fourth-order valence-corrected chi connectivity index (χ4v) is 9.40. The van der Waals surface area contributed by atoms with Crippen LogP contribution in [0.15, 0.2) is 36.4 Å². The summed E-state index contributed by atoms with van der Waals surface area (Å²) in [4.78, 5) is 29.2. The molecule has 6 rings (SSSR count). The maximum atomic E-state index is 13.8. The van der Waals surface area contributed by atoms with E-state index in [-0.39, 0.29) is 34.7 Å². The molecular formula is C31H43N3O2. The lowest BCUT2D eigenvalue weighted by molar-refractivity contribution is -0.150. The molecule has 2 saturated carbocycles. The third-order valence-electron chi connectivity index (χ3n) is 11.1. The van der Waals surface area contributed by atoms with Gasteiger partial charge in [0.05, 0.1) is 0 Å². The van der Waals surface area contributed by atoms with Crippen LogP contribution in [0.3, 0.4) is 0 Å². The predicted octanol–water partition coefficient (Wildman–Crippen LogP) is 5.62. The number of rotatable bonds is 3. The van der Waals surface area contributed by atoms with Gasteiger partial charge in [-0.25, -0.2) is 0 Å². The Bertz CT molecular complexity index is 1120. The number of para-hydroxylation sites is 1. The molecule has 1 aromatic rings. The number of hydrogen-bond donors (Lipinski definition) is 2. The highest BCUT2D eigenvalue weighted by Crippen LogP contribution is 2.65. The normalized spacial score (nSPS) is 40.8. The number of fused-ring (bicyclic) bond motifs is 6. The zero-order valence-corrected chi connectivity index (χ0v) is 22.7. The van der Waals surface area contributed by atoms with Crippen LogP contribution in [0.1, 0.15) is 85.1 Å². The number of hydrogen-bond acceptors (Lipinski definition) is 3. The zero-order chi connectivity index (χ0) is 25.6. The van der Waals surface area contributed by atoms with Gasteiger partial charge >= 0.3 is 0 Å². The number of anilines is 1. The minimum Gasteiger partial charge on any atom is -0.364 e. The van der Waals surface area contributed by atoms with Gasteiger partial charge in [-0.3, -0.25) is 9.59 Å². The zero-order valence-electron chi connectivity index (χ0n) is 22.7. The molecule has 0 bridgehead atoms. The molecule has 2 N–H and O–H groups in total. The molecule has 2 amide bonds. The average Bonchev–Trinajstić information content (AvgIpc) is 3.29. The summed E-state index contributed by atoms with van der Waals surface area (Å²) in [5.74, 6) is 1.18. The Morgan fingerprint density at radius 1 is 1.11 bits per heavy atom. The quantitative estimate of drug-likeness (QED) is 0.542. The molecule has 1 unspecified atom stereocenters. The minimum atomic E-state index is -0.458. The van der Waals surface area contributed by atoms with Crippen LogP contribution >= 0.6 is 0 Å². The summed E-state index contributed by atoms with van der Waals surface area (Å²) in [5.41, 5.74) is 4.02. The first-order valence-corrected chi connectivity index (χ1v) is 14.2.